The first-order valence-electron chi connectivity index (χ1n) is 4.96. The number of nitriles is 1. The molecule has 16 heavy (non-hydrogen) atoms. The lowest BCUT2D eigenvalue weighted by atomic mass is 9.65. The van der Waals surface area contributed by atoms with Gasteiger partial charge in [-0.15, -0.1) is 0 Å². The molecule has 2 heterocycles. The lowest BCUT2D eigenvalue weighted by Gasteiger charge is -2.33. The number of Topliss-reactive ketones (excluding diaryl/α,β-unsaturated/α-hetero) is 1. The van der Waals surface area contributed by atoms with E-state index in [1.807, 2.05) is 0 Å². The van der Waals surface area contributed by atoms with Gasteiger partial charge in [-0.05, 0) is 0 Å². The molecular formula is C11H8N4O. The molecule has 5 nitrogen and oxygen atoms in total. The van der Waals surface area contributed by atoms with Crippen LogP contribution in [-0.4, -0.2) is 20.4 Å². The summed E-state index contributed by atoms with van der Waals surface area (Å²) in [5.74, 6) is 0.127. The summed E-state index contributed by atoms with van der Waals surface area (Å²) >= 11 is 0. The van der Waals surface area contributed by atoms with Crippen LogP contribution in [0.5, 0.6) is 0 Å². The Kier molecular flexibility index (Phi) is 1.63. The number of carbonyl (C=O) groups excluding carboxylic acids is 1. The van der Waals surface area contributed by atoms with Gasteiger partial charge in [-0.3, -0.25) is 4.79 Å². The van der Waals surface area contributed by atoms with Crippen LogP contribution in [0.15, 0.2) is 24.7 Å². The molecular weight excluding hydrogens is 204 g/mol. The molecule has 0 N–H and O–H groups in total. The Bertz CT molecular complexity index is 614. The summed E-state index contributed by atoms with van der Waals surface area (Å²) in [5.41, 5.74) is 0.831. The molecule has 0 amide bonds. The smallest absolute Gasteiger partial charge is 0.154 e. The molecule has 78 valence electrons. The fraction of sp³-hybridized carbons (Fsp3) is 0.273. The van der Waals surface area contributed by atoms with E-state index in [1.54, 1.807) is 29.2 Å². The van der Waals surface area contributed by atoms with E-state index >= 15 is 0 Å². The molecule has 5 heteroatoms. The van der Waals surface area contributed by atoms with Crippen molar-refractivity contribution in [2.24, 2.45) is 0 Å². The van der Waals surface area contributed by atoms with Crippen molar-refractivity contribution in [3.8, 4) is 6.07 Å². The zero-order valence-electron chi connectivity index (χ0n) is 8.42. The maximum absolute atomic E-state index is 11.1. The van der Waals surface area contributed by atoms with Gasteiger partial charge in [-0.2, -0.15) is 10.4 Å². The van der Waals surface area contributed by atoms with Crippen molar-refractivity contribution in [2.45, 2.75) is 18.3 Å². The Labute approximate surface area is 91.3 Å². The van der Waals surface area contributed by atoms with Crippen LogP contribution in [0.1, 0.15) is 18.4 Å². The van der Waals surface area contributed by atoms with Gasteiger partial charge in [0.2, 0.25) is 0 Å². The number of nitrogens with zero attached hydrogens (tertiary/aromatic N) is 4. The molecule has 2 aromatic heterocycles. The van der Waals surface area contributed by atoms with Crippen molar-refractivity contribution >= 4 is 11.4 Å². The van der Waals surface area contributed by atoms with Crippen LogP contribution in [0.2, 0.25) is 0 Å². The highest BCUT2D eigenvalue weighted by Gasteiger charge is 2.46. The van der Waals surface area contributed by atoms with E-state index in [1.165, 1.54) is 0 Å². The number of aromatic nitrogens is 3. The van der Waals surface area contributed by atoms with Gasteiger partial charge in [0.15, 0.2) is 5.65 Å². The topological polar surface area (TPSA) is 71.1 Å². The fourth-order valence-corrected chi connectivity index (χ4v) is 2.03. The molecule has 1 aliphatic carbocycles. The van der Waals surface area contributed by atoms with Crippen LogP contribution in [0.25, 0.3) is 5.65 Å². The third-order valence-corrected chi connectivity index (χ3v) is 3.01. The first-order chi connectivity index (χ1) is 7.73. The summed E-state index contributed by atoms with van der Waals surface area (Å²) in [6, 6.07) is 4.00. The Morgan fingerprint density at radius 1 is 1.50 bits per heavy atom. The van der Waals surface area contributed by atoms with Gasteiger partial charge in [0.25, 0.3) is 0 Å². The normalized spacial score (nSPS) is 18.1. The highest BCUT2D eigenvalue weighted by atomic mass is 16.1. The van der Waals surface area contributed by atoms with Gasteiger partial charge in [-0.25, -0.2) is 9.50 Å². The van der Waals surface area contributed by atoms with Crippen molar-refractivity contribution in [3.05, 3.63) is 30.2 Å². The summed E-state index contributed by atoms with van der Waals surface area (Å²) in [6.45, 7) is 0. The van der Waals surface area contributed by atoms with Crippen molar-refractivity contribution in [1.82, 2.24) is 14.6 Å². The van der Waals surface area contributed by atoms with Crippen molar-refractivity contribution < 1.29 is 4.79 Å². The highest BCUT2D eigenvalue weighted by Crippen LogP contribution is 2.40. The number of hydrogen-bond donors (Lipinski definition) is 0. The van der Waals surface area contributed by atoms with E-state index in [2.05, 4.69) is 16.2 Å². The van der Waals surface area contributed by atoms with E-state index < -0.39 is 5.41 Å². The molecule has 2 aromatic rings. The molecule has 0 atom stereocenters. The van der Waals surface area contributed by atoms with E-state index in [4.69, 9.17) is 0 Å². The summed E-state index contributed by atoms with van der Waals surface area (Å²) < 4.78 is 1.62. The van der Waals surface area contributed by atoms with Gasteiger partial charge in [0.05, 0.1) is 17.7 Å². The van der Waals surface area contributed by atoms with Crippen LogP contribution >= 0.6 is 0 Å². The van der Waals surface area contributed by atoms with E-state index in [0.29, 0.717) is 0 Å². The van der Waals surface area contributed by atoms with Gasteiger partial charge in [-0.1, -0.05) is 0 Å². The average molecular weight is 212 g/mol. The average Bonchev–Trinajstić information content (AvgIpc) is 2.71. The zero-order valence-corrected chi connectivity index (χ0v) is 8.42. The number of fused-ring (bicyclic) bond motifs is 1. The standard InChI is InChI=1S/C11H8N4O/c12-7-11(3-9(16)4-11)8-5-13-10-1-2-14-15(10)6-8/h1-2,5-6H,3-4H2. The first kappa shape index (κ1) is 9.04. The van der Waals surface area contributed by atoms with Crippen molar-refractivity contribution in [2.75, 3.05) is 0 Å². The molecule has 0 saturated heterocycles. The quantitative estimate of drug-likeness (QED) is 0.702. The maximum atomic E-state index is 11.1. The number of hydrogen-bond acceptors (Lipinski definition) is 4. The third-order valence-electron chi connectivity index (χ3n) is 3.01. The predicted molar refractivity (Wildman–Crippen MR) is 54.5 cm³/mol. The van der Waals surface area contributed by atoms with E-state index in [9.17, 15) is 10.1 Å². The summed E-state index contributed by atoms with van der Waals surface area (Å²) in [6.07, 6.45) is 5.66. The van der Waals surface area contributed by atoms with Gasteiger partial charge in [0.1, 0.15) is 5.78 Å². The summed E-state index contributed by atoms with van der Waals surface area (Å²) in [4.78, 5) is 15.3. The maximum Gasteiger partial charge on any atom is 0.154 e. The molecule has 0 aliphatic heterocycles. The predicted octanol–water partition coefficient (Wildman–Crippen LogP) is 0.854. The molecule has 1 fully saturated rings. The second-order valence-corrected chi connectivity index (χ2v) is 4.06. The minimum absolute atomic E-state index is 0.127. The second kappa shape index (κ2) is 2.89. The second-order valence-electron chi connectivity index (χ2n) is 4.06. The summed E-state index contributed by atoms with van der Waals surface area (Å²) in [7, 11) is 0. The third kappa shape index (κ3) is 1.07. The molecule has 0 aromatic carbocycles. The SMILES string of the molecule is N#CC1(c2cnc3ccnn3c2)CC(=O)C1. The largest absolute Gasteiger partial charge is 0.300 e. The van der Waals surface area contributed by atoms with Crippen LogP contribution in [0.4, 0.5) is 0 Å². The fourth-order valence-electron chi connectivity index (χ4n) is 2.03. The van der Waals surface area contributed by atoms with Crippen LogP contribution in [-0.2, 0) is 10.2 Å². The molecule has 0 spiro atoms. The number of carbonyl (C=O) groups is 1. The Morgan fingerprint density at radius 2 is 2.31 bits per heavy atom. The highest BCUT2D eigenvalue weighted by molar-refractivity contribution is 5.90. The number of rotatable bonds is 1. The Balaban J connectivity index is 2.12. The van der Waals surface area contributed by atoms with Crippen LogP contribution in [0, 0.1) is 11.3 Å². The van der Waals surface area contributed by atoms with Crippen molar-refractivity contribution in [1.29, 1.82) is 5.26 Å². The Hall–Kier alpha value is -2.22. The minimum Gasteiger partial charge on any atom is -0.300 e. The van der Waals surface area contributed by atoms with Crippen molar-refractivity contribution in [3.63, 3.8) is 0 Å². The van der Waals surface area contributed by atoms with Gasteiger partial charge in [0, 0.05) is 36.9 Å². The van der Waals surface area contributed by atoms with Gasteiger partial charge < -0.3 is 0 Å². The monoisotopic (exact) mass is 212 g/mol. The van der Waals surface area contributed by atoms with E-state index in [-0.39, 0.29) is 18.6 Å². The summed E-state index contributed by atoms with van der Waals surface area (Å²) in [5, 5.41) is 13.2. The molecule has 0 bridgehead atoms. The lowest BCUT2D eigenvalue weighted by Crippen LogP contribution is -2.40. The molecule has 1 saturated carbocycles. The van der Waals surface area contributed by atoms with E-state index in [0.717, 1.165) is 11.2 Å². The minimum atomic E-state index is -0.676. The lowest BCUT2D eigenvalue weighted by molar-refractivity contribution is -0.126. The molecule has 3 rings (SSSR count). The molecule has 0 unspecified atom stereocenters. The molecule has 1 aliphatic rings. The van der Waals surface area contributed by atoms with Gasteiger partial charge >= 0.3 is 0 Å². The zero-order chi connectivity index (χ0) is 11.2. The van der Waals surface area contributed by atoms with Crippen LogP contribution < -0.4 is 0 Å². The Morgan fingerprint density at radius 3 is 3.00 bits per heavy atom. The number of ketones is 1. The van der Waals surface area contributed by atoms with Crippen LogP contribution in [0.3, 0.4) is 0 Å². The molecule has 0 radical (unpaired) electrons. The first-order valence-corrected chi connectivity index (χ1v) is 4.96.